The number of para-hydroxylation sites is 1. The average Bonchev–Trinajstić information content (AvgIpc) is 3.72. The van der Waals surface area contributed by atoms with Gasteiger partial charge in [-0.05, 0) is 79.2 Å². The van der Waals surface area contributed by atoms with Crippen molar-refractivity contribution >= 4 is 49.5 Å². The van der Waals surface area contributed by atoms with Crippen LogP contribution in [0.5, 0.6) is 0 Å². The fraction of sp³-hybridized carbons (Fsp3) is 0.132. The first kappa shape index (κ1) is 32.5. The van der Waals surface area contributed by atoms with Crippen LogP contribution in [0.15, 0.2) is 118 Å². The molecule has 1 amide bonds. The summed E-state index contributed by atoms with van der Waals surface area (Å²) in [5.74, 6) is -0.292. The Bertz CT molecular complexity index is 2430. The van der Waals surface area contributed by atoms with E-state index in [9.17, 15) is 17.6 Å². The number of pyridine rings is 1. The van der Waals surface area contributed by atoms with Crippen molar-refractivity contribution in [1.29, 1.82) is 0 Å². The average molecular weight is 690 g/mol. The van der Waals surface area contributed by atoms with Crippen molar-refractivity contribution in [2.75, 3.05) is 29.5 Å². The van der Waals surface area contributed by atoms with E-state index in [-0.39, 0.29) is 29.5 Å². The first-order valence-electron chi connectivity index (χ1n) is 15.8. The maximum atomic E-state index is 13.9. The Balaban J connectivity index is 1.44. The van der Waals surface area contributed by atoms with Gasteiger partial charge in [-0.15, -0.1) is 0 Å². The van der Waals surface area contributed by atoms with E-state index >= 15 is 0 Å². The molecule has 10 nitrogen and oxygen atoms in total. The molecule has 3 aromatic heterocycles. The second-order valence-electron chi connectivity index (χ2n) is 11.9. The number of hydrogen-bond acceptors (Lipinski definition) is 8. The monoisotopic (exact) mass is 689 g/mol. The number of oxazole rings is 1. The van der Waals surface area contributed by atoms with Crippen LogP contribution < -0.4 is 14.9 Å². The lowest BCUT2D eigenvalue weighted by Gasteiger charge is -2.29. The van der Waals surface area contributed by atoms with Crippen molar-refractivity contribution in [1.82, 2.24) is 15.3 Å². The highest BCUT2D eigenvalue weighted by Gasteiger charge is 2.28. The Morgan fingerprint density at radius 2 is 1.64 bits per heavy atom. The SMILES string of the molecule is CNC(=O)c1c(-c2ccc(F)cc2)oc2cc(N(CC(C)Nc3ccccc3)S(C)(=O)=O)c(-c3cccc(-c4nc5ncccc5o4)c3)cc12. The van der Waals surface area contributed by atoms with Gasteiger partial charge in [0.05, 0.1) is 24.1 Å². The molecule has 0 aliphatic carbocycles. The summed E-state index contributed by atoms with van der Waals surface area (Å²) >= 11 is 0. The van der Waals surface area contributed by atoms with Crippen molar-refractivity contribution in [3.05, 3.63) is 121 Å². The zero-order chi connectivity index (χ0) is 35.0. The highest BCUT2D eigenvalue weighted by molar-refractivity contribution is 7.92. The molecule has 0 saturated heterocycles. The molecule has 0 aliphatic rings. The topological polar surface area (TPSA) is 131 Å². The fourth-order valence-corrected chi connectivity index (χ4v) is 6.97. The summed E-state index contributed by atoms with van der Waals surface area (Å²) in [5, 5.41) is 6.50. The summed E-state index contributed by atoms with van der Waals surface area (Å²) in [6.45, 7) is 1.96. The van der Waals surface area contributed by atoms with E-state index in [1.807, 2.05) is 61.5 Å². The van der Waals surface area contributed by atoms with E-state index in [2.05, 4.69) is 20.6 Å². The van der Waals surface area contributed by atoms with Gasteiger partial charge >= 0.3 is 0 Å². The number of rotatable bonds is 10. The van der Waals surface area contributed by atoms with Crippen LogP contribution in [0, 0.1) is 5.82 Å². The van der Waals surface area contributed by atoms with Gasteiger partial charge in [0.25, 0.3) is 5.91 Å². The molecule has 252 valence electrons. The number of anilines is 2. The molecular formula is C38H32FN5O5S. The zero-order valence-electron chi connectivity index (χ0n) is 27.3. The van der Waals surface area contributed by atoms with Crippen LogP contribution >= 0.6 is 0 Å². The molecule has 7 aromatic rings. The van der Waals surface area contributed by atoms with Crippen LogP contribution in [0.3, 0.4) is 0 Å². The lowest BCUT2D eigenvalue weighted by molar-refractivity contribution is 0.0964. The fourth-order valence-electron chi connectivity index (χ4n) is 5.96. The van der Waals surface area contributed by atoms with Crippen LogP contribution in [0.4, 0.5) is 15.8 Å². The summed E-state index contributed by atoms with van der Waals surface area (Å²) in [6.07, 6.45) is 2.79. The molecule has 7 rings (SSSR count). The van der Waals surface area contributed by atoms with Crippen LogP contribution in [0.25, 0.3) is 56.1 Å². The number of carbonyl (C=O) groups is 1. The Morgan fingerprint density at radius 3 is 2.36 bits per heavy atom. The number of fused-ring (bicyclic) bond motifs is 2. The summed E-state index contributed by atoms with van der Waals surface area (Å²) in [4.78, 5) is 22.3. The number of amides is 1. The molecule has 50 heavy (non-hydrogen) atoms. The first-order chi connectivity index (χ1) is 24.1. The first-order valence-corrected chi connectivity index (χ1v) is 17.6. The Labute approximate surface area is 287 Å². The van der Waals surface area contributed by atoms with Gasteiger partial charge in [0.1, 0.15) is 17.2 Å². The Morgan fingerprint density at radius 1 is 0.880 bits per heavy atom. The largest absolute Gasteiger partial charge is 0.455 e. The van der Waals surface area contributed by atoms with Crippen molar-refractivity contribution in [3.8, 4) is 33.9 Å². The van der Waals surface area contributed by atoms with Gasteiger partial charge in [-0.3, -0.25) is 9.10 Å². The summed E-state index contributed by atoms with van der Waals surface area (Å²) in [7, 11) is -2.36. The molecule has 0 spiro atoms. The lowest BCUT2D eigenvalue weighted by Crippen LogP contribution is -2.39. The maximum Gasteiger partial charge on any atom is 0.255 e. The molecule has 3 heterocycles. The minimum Gasteiger partial charge on any atom is -0.455 e. The number of halogens is 1. The minimum absolute atomic E-state index is 0.0660. The third kappa shape index (κ3) is 6.40. The molecule has 0 radical (unpaired) electrons. The van der Waals surface area contributed by atoms with E-state index in [1.165, 1.54) is 35.6 Å². The third-order valence-electron chi connectivity index (χ3n) is 8.25. The van der Waals surface area contributed by atoms with Gasteiger partial charge in [0, 0.05) is 53.1 Å². The zero-order valence-corrected chi connectivity index (χ0v) is 28.2. The highest BCUT2D eigenvalue weighted by atomic mass is 32.2. The van der Waals surface area contributed by atoms with E-state index in [1.54, 1.807) is 30.5 Å². The van der Waals surface area contributed by atoms with Gasteiger partial charge in [0.2, 0.25) is 15.9 Å². The van der Waals surface area contributed by atoms with Gasteiger partial charge in [-0.1, -0.05) is 30.3 Å². The molecule has 0 fully saturated rings. The standard InChI is InChI=1S/C38H32FN5O5S/c1-23(42-28-11-5-4-6-12-28)22-44(50(3,46)47)31-21-33-30(34(37(45)40-2)35(48-33)24-14-16-27(39)17-15-24)20-29(31)25-9-7-10-26(19-25)38-43-36-32(49-38)13-8-18-41-36/h4-21,23,42H,22H2,1-3H3,(H,40,45). The molecule has 2 N–H and O–H groups in total. The molecule has 0 bridgehead atoms. The normalized spacial score (nSPS) is 12.2. The maximum absolute atomic E-state index is 13.9. The smallest absolute Gasteiger partial charge is 0.255 e. The van der Waals surface area contributed by atoms with E-state index in [0.29, 0.717) is 50.4 Å². The lowest BCUT2D eigenvalue weighted by atomic mass is 9.97. The molecule has 0 saturated carbocycles. The predicted molar refractivity (Wildman–Crippen MR) is 193 cm³/mol. The number of furan rings is 1. The molecular weight excluding hydrogens is 658 g/mol. The number of benzene rings is 4. The summed E-state index contributed by atoms with van der Waals surface area (Å²) in [6, 6.07) is 29.1. The van der Waals surface area contributed by atoms with Gasteiger partial charge in [-0.2, -0.15) is 4.98 Å². The van der Waals surface area contributed by atoms with Gasteiger partial charge < -0.3 is 19.5 Å². The van der Waals surface area contributed by atoms with Gasteiger partial charge in [0.15, 0.2) is 11.2 Å². The molecule has 12 heteroatoms. The number of sulfonamides is 1. The van der Waals surface area contributed by atoms with Crippen molar-refractivity contribution in [3.63, 3.8) is 0 Å². The molecule has 4 aromatic carbocycles. The van der Waals surface area contributed by atoms with Crippen LogP contribution in [0.2, 0.25) is 0 Å². The second kappa shape index (κ2) is 13.1. The Hall–Kier alpha value is -6.01. The molecule has 1 atom stereocenters. The number of nitrogens with zero attached hydrogens (tertiary/aromatic N) is 3. The number of aromatic nitrogens is 2. The van der Waals surface area contributed by atoms with Crippen molar-refractivity contribution < 1.29 is 26.4 Å². The predicted octanol–water partition coefficient (Wildman–Crippen LogP) is 7.74. The quantitative estimate of drug-likeness (QED) is 0.149. The van der Waals surface area contributed by atoms with Crippen LogP contribution in [-0.4, -0.2) is 50.2 Å². The minimum atomic E-state index is -3.87. The van der Waals surface area contributed by atoms with E-state index in [0.717, 1.165) is 11.9 Å². The van der Waals surface area contributed by atoms with E-state index < -0.39 is 21.7 Å². The Kier molecular flexibility index (Phi) is 8.54. The molecule has 1 unspecified atom stereocenters. The molecule has 0 aliphatic heterocycles. The summed E-state index contributed by atoms with van der Waals surface area (Å²) in [5.41, 5.74) is 4.95. The number of hydrogen-bond donors (Lipinski definition) is 2. The van der Waals surface area contributed by atoms with Crippen molar-refractivity contribution in [2.24, 2.45) is 0 Å². The van der Waals surface area contributed by atoms with Crippen molar-refractivity contribution in [2.45, 2.75) is 13.0 Å². The third-order valence-corrected chi connectivity index (χ3v) is 9.39. The van der Waals surface area contributed by atoms with Crippen LogP contribution in [0.1, 0.15) is 17.3 Å². The summed E-state index contributed by atoms with van der Waals surface area (Å²) < 4.78 is 54.8. The number of nitrogens with one attached hydrogen (secondary N) is 2. The van der Waals surface area contributed by atoms with Gasteiger partial charge in [-0.25, -0.2) is 17.8 Å². The highest BCUT2D eigenvalue weighted by Crippen LogP contribution is 2.42. The van der Waals surface area contributed by atoms with E-state index in [4.69, 9.17) is 8.83 Å². The van der Waals surface area contributed by atoms with Crippen LogP contribution in [-0.2, 0) is 10.0 Å². The number of carbonyl (C=O) groups excluding carboxylic acids is 1. The second-order valence-corrected chi connectivity index (χ2v) is 13.8.